The van der Waals surface area contributed by atoms with Crippen LogP contribution in [0.25, 0.3) is 0 Å². The SMILES string of the molecule is C#CCOc1c(Br)cc(C=NNC(=O)CCNC(=O)c2ccc(Cl)c(Cl)c2)cc1OC. The molecule has 0 aliphatic carbocycles. The van der Waals surface area contributed by atoms with Crippen molar-refractivity contribution in [1.29, 1.82) is 0 Å². The molecule has 0 bridgehead atoms. The molecular weight excluding hydrogens is 509 g/mol. The Bertz CT molecular complexity index is 1040. The molecule has 0 spiro atoms. The second-order valence-corrected chi connectivity index (χ2v) is 7.62. The number of benzene rings is 2. The van der Waals surface area contributed by atoms with Gasteiger partial charge in [0, 0.05) is 18.5 Å². The summed E-state index contributed by atoms with van der Waals surface area (Å²) in [5.74, 6) is 2.58. The van der Waals surface area contributed by atoms with Gasteiger partial charge in [-0.05, 0) is 51.8 Å². The molecule has 2 N–H and O–H groups in total. The second kappa shape index (κ2) is 12.2. The number of hydrogen-bond donors (Lipinski definition) is 2. The third-order valence-electron chi connectivity index (χ3n) is 3.77. The summed E-state index contributed by atoms with van der Waals surface area (Å²) in [4.78, 5) is 24.0. The number of nitrogens with one attached hydrogen (secondary N) is 2. The Balaban J connectivity index is 1.85. The molecule has 0 saturated heterocycles. The van der Waals surface area contributed by atoms with Crippen molar-refractivity contribution in [2.75, 3.05) is 20.3 Å². The van der Waals surface area contributed by atoms with Crippen LogP contribution in [0.15, 0.2) is 39.9 Å². The molecule has 10 heteroatoms. The third kappa shape index (κ3) is 7.47. The van der Waals surface area contributed by atoms with Crippen molar-refractivity contribution in [3.05, 3.63) is 56.0 Å². The fourth-order valence-electron chi connectivity index (χ4n) is 2.33. The molecule has 2 aromatic rings. The largest absolute Gasteiger partial charge is 0.493 e. The van der Waals surface area contributed by atoms with Crippen LogP contribution in [0.5, 0.6) is 11.5 Å². The molecule has 2 rings (SSSR count). The van der Waals surface area contributed by atoms with Gasteiger partial charge in [0.15, 0.2) is 11.5 Å². The summed E-state index contributed by atoms with van der Waals surface area (Å²) in [6.45, 7) is 0.223. The van der Waals surface area contributed by atoms with Gasteiger partial charge in [0.25, 0.3) is 5.91 Å². The van der Waals surface area contributed by atoms with E-state index in [9.17, 15) is 9.59 Å². The zero-order chi connectivity index (χ0) is 22.8. The van der Waals surface area contributed by atoms with E-state index in [1.807, 2.05) is 0 Å². The van der Waals surface area contributed by atoms with Gasteiger partial charge in [0.2, 0.25) is 5.91 Å². The Morgan fingerprint density at radius 3 is 2.71 bits per heavy atom. The summed E-state index contributed by atoms with van der Waals surface area (Å²) in [6, 6.07) is 7.95. The lowest BCUT2D eigenvalue weighted by atomic mass is 10.2. The van der Waals surface area contributed by atoms with E-state index in [0.717, 1.165) is 0 Å². The number of amides is 2. The number of nitrogens with zero attached hydrogens (tertiary/aromatic N) is 1. The molecule has 0 atom stereocenters. The Hall–Kier alpha value is -2.73. The first-order chi connectivity index (χ1) is 14.8. The summed E-state index contributed by atoms with van der Waals surface area (Å²) >= 11 is 15.1. The third-order valence-corrected chi connectivity index (χ3v) is 5.10. The molecule has 162 valence electrons. The maximum Gasteiger partial charge on any atom is 0.251 e. The smallest absolute Gasteiger partial charge is 0.251 e. The molecule has 0 fully saturated rings. The maximum absolute atomic E-state index is 12.1. The van der Waals surface area contributed by atoms with Crippen molar-refractivity contribution in [2.45, 2.75) is 6.42 Å². The van der Waals surface area contributed by atoms with Crippen molar-refractivity contribution in [2.24, 2.45) is 5.10 Å². The van der Waals surface area contributed by atoms with Crippen LogP contribution in [0.3, 0.4) is 0 Å². The van der Waals surface area contributed by atoms with Gasteiger partial charge in [0.1, 0.15) is 6.61 Å². The molecule has 0 aliphatic rings. The first-order valence-corrected chi connectivity index (χ1v) is 10.4. The highest BCUT2D eigenvalue weighted by atomic mass is 79.9. The van der Waals surface area contributed by atoms with Crippen LogP contribution >= 0.6 is 39.1 Å². The van der Waals surface area contributed by atoms with Gasteiger partial charge < -0.3 is 14.8 Å². The second-order valence-electron chi connectivity index (χ2n) is 5.95. The zero-order valence-electron chi connectivity index (χ0n) is 16.4. The molecular formula is C21H18BrCl2N3O4. The monoisotopic (exact) mass is 525 g/mol. The molecule has 0 heterocycles. The summed E-state index contributed by atoms with van der Waals surface area (Å²) < 4.78 is 11.4. The van der Waals surface area contributed by atoms with Crippen LogP contribution < -0.4 is 20.2 Å². The molecule has 0 aliphatic heterocycles. The molecule has 2 aromatic carbocycles. The predicted molar refractivity (Wildman–Crippen MR) is 124 cm³/mol. The molecule has 0 saturated carbocycles. The van der Waals surface area contributed by atoms with E-state index in [4.69, 9.17) is 39.1 Å². The molecule has 2 amide bonds. The van der Waals surface area contributed by atoms with Crippen molar-refractivity contribution in [3.8, 4) is 23.8 Å². The van der Waals surface area contributed by atoms with E-state index < -0.39 is 0 Å². The number of halogens is 3. The first-order valence-electron chi connectivity index (χ1n) is 8.84. The van der Waals surface area contributed by atoms with E-state index in [2.05, 4.69) is 37.7 Å². The van der Waals surface area contributed by atoms with Crippen LogP contribution in [0.1, 0.15) is 22.3 Å². The fraction of sp³-hybridized carbons (Fsp3) is 0.190. The molecule has 0 radical (unpaired) electrons. The lowest BCUT2D eigenvalue weighted by molar-refractivity contribution is -0.120. The van der Waals surface area contributed by atoms with Gasteiger partial charge >= 0.3 is 0 Å². The number of methoxy groups -OCH3 is 1. The van der Waals surface area contributed by atoms with Crippen LogP contribution in [0.4, 0.5) is 0 Å². The van der Waals surface area contributed by atoms with Gasteiger partial charge in [-0.25, -0.2) is 5.43 Å². The van der Waals surface area contributed by atoms with E-state index in [1.165, 1.54) is 25.5 Å². The highest BCUT2D eigenvalue weighted by Crippen LogP contribution is 2.36. The highest BCUT2D eigenvalue weighted by molar-refractivity contribution is 9.10. The number of hydrogen-bond acceptors (Lipinski definition) is 5. The quantitative estimate of drug-likeness (QED) is 0.293. The molecule has 7 nitrogen and oxygen atoms in total. The Morgan fingerprint density at radius 1 is 1.26 bits per heavy atom. The van der Waals surface area contributed by atoms with Crippen LogP contribution in [-0.4, -0.2) is 38.3 Å². The van der Waals surface area contributed by atoms with Crippen molar-refractivity contribution in [1.82, 2.24) is 10.7 Å². The summed E-state index contributed by atoms with van der Waals surface area (Å²) in [5, 5.41) is 7.17. The Morgan fingerprint density at radius 2 is 2.03 bits per heavy atom. The molecule has 0 unspecified atom stereocenters. The van der Waals surface area contributed by atoms with Crippen molar-refractivity contribution >= 4 is 57.2 Å². The summed E-state index contributed by atoms with van der Waals surface area (Å²) in [6.07, 6.45) is 6.70. The number of ether oxygens (including phenoxy) is 2. The number of terminal acetylenes is 1. The summed E-state index contributed by atoms with van der Waals surface area (Å²) in [7, 11) is 1.50. The highest BCUT2D eigenvalue weighted by Gasteiger charge is 2.11. The van der Waals surface area contributed by atoms with E-state index >= 15 is 0 Å². The number of rotatable bonds is 9. The van der Waals surface area contributed by atoms with E-state index in [0.29, 0.717) is 32.1 Å². The minimum atomic E-state index is -0.370. The minimum Gasteiger partial charge on any atom is -0.493 e. The average molecular weight is 527 g/mol. The van der Waals surface area contributed by atoms with E-state index in [1.54, 1.807) is 18.2 Å². The standard InChI is InChI=1S/C21H18BrCl2N3O4/c1-3-8-31-20-15(22)9-13(10-18(20)30-2)12-26-27-19(28)6-7-25-21(29)14-4-5-16(23)17(24)11-14/h1,4-5,9-12H,6-8H2,2H3,(H,25,29)(H,27,28). The van der Waals surface area contributed by atoms with Crippen molar-refractivity contribution in [3.63, 3.8) is 0 Å². The molecule has 0 aromatic heterocycles. The van der Waals surface area contributed by atoms with Gasteiger partial charge in [0.05, 0.1) is 27.8 Å². The average Bonchev–Trinajstić information content (AvgIpc) is 2.74. The van der Waals surface area contributed by atoms with Gasteiger partial charge in [-0.1, -0.05) is 29.1 Å². The van der Waals surface area contributed by atoms with Crippen LogP contribution in [0.2, 0.25) is 10.0 Å². The zero-order valence-corrected chi connectivity index (χ0v) is 19.5. The fourth-order valence-corrected chi connectivity index (χ4v) is 3.20. The van der Waals surface area contributed by atoms with Gasteiger partial charge in [-0.3, -0.25) is 9.59 Å². The van der Waals surface area contributed by atoms with Crippen LogP contribution in [-0.2, 0) is 4.79 Å². The Labute approximate surface area is 198 Å². The first kappa shape index (κ1) is 24.5. The van der Waals surface area contributed by atoms with Crippen molar-refractivity contribution < 1.29 is 19.1 Å². The van der Waals surface area contributed by atoms with Crippen LogP contribution in [0, 0.1) is 12.3 Å². The number of carbonyl (C=O) groups is 2. The summed E-state index contributed by atoms with van der Waals surface area (Å²) in [5.41, 5.74) is 3.40. The molecule has 31 heavy (non-hydrogen) atoms. The predicted octanol–water partition coefficient (Wildman–Crippen LogP) is 4.05. The van der Waals surface area contributed by atoms with E-state index in [-0.39, 0.29) is 36.4 Å². The lowest BCUT2D eigenvalue weighted by Crippen LogP contribution is -2.29. The van der Waals surface area contributed by atoms with Gasteiger partial charge in [-0.2, -0.15) is 5.10 Å². The normalized spacial score (nSPS) is 10.4. The lowest BCUT2D eigenvalue weighted by Gasteiger charge is -2.11. The number of carbonyl (C=O) groups excluding carboxylic acids is 2. The topological polar surface area (TPSA) is 89.0 Å². The van der Waals surface area contributed by atoms with Gasteiger partial charge in [-0.15, -0.1) is 6.42 Å². The number of hydrazone groups is 1. The Kier molecular flexibility index (Phi) is 9.66. The maximum atomic E-state index is 12.1. The minimum absolute atomic E-state index is 0.0380.